The summed E-state index contributed by atoms with van der Waals surface area (Å²) >= 11 is 0. The second kappa shape index (κ2) is 5.97. The molecule has 3 N–H and O–H groups in total. The molecule has 6 nitrogen and oxygen atoms in total. The van der Waals surface area contributed by atoms with Crippen LogP contribution in [0.1, 0.15) is 43.4 Å². The van der Waals surface area contributed by atoms with Crippen molar-refractivity contribution < 1.29 is 14.4 Å². The number of hydrogen-bond acceptors (Lipinski definition) is 5. The summed E-state index contributed by atoms with van der Waals surface area (Å²) < 4.78 is 4.78. The molecule has 6 heteroatoms. The van der Waals surface area contributed by atoms with Crippen molar-refractivity contribution in [3.63, 3.8) is 0 Å². The Morgan fingerprint density at radius 2 is 2.33 bits per heavy atom. The van der Waals surface area contributed by atoms with E-state index in [1.807, 2.05) is 20.9 Å². The monoisotopic (exact) mass is 255 g/mol. The number of aliphatic hydroxyl groups excluding tert-OH is 1. The summed E-state index contributed by atoms with van der Waals surface area (Å²) in [7, 11) is 1.87. The minimum atomic E-state index is -0.305. The number of rotatable bonds is 6. The van der Waals surface area contributed by atoms with E-state index < -0.39 is 0 Å². The molecule has 0 bridgehead atoms. The Bertz CT molecular complexity index is 399. The van der Waals surface area contributed by atoms with E-state index in [2.05, 4.69) is 22.7 Å². The SMILES string of the molecule is CCC(C)(NC)C(C)NC(=O)c1cc(CO)on1. The molecule has 0 aliphatic heterocycles. The normalized spacial score (nSPS) is 16.1. The predicted octanol–water partition coefficient (Wildman–Crippen LogP) is 0.673. The van der Waals surface area contributed by atoms with Gasteiger partial charge in [-0.3, -0.25) is 4.79 Å². The highest BCUT2D eigenvalue weighted by atomic mass is 16.5. The van der Waals surface area contributed by atoms with Crippen LogP contribution in [0.15, 0.2) is 10.6 Å². The second-order valence-corrected chi connectivity index (χ2v) is 4.55. The Labute approximate surface area is 107 Å². The van der Waals surface area contributed by atoms with Crippen molar-refractivity contribution in [1.29, 1.82) is 0 Å². The number of carbonyl (C=O) groups excluding carboxylic acids is 1. The van der Waals surface area contributed by atoms with E-state index in [0.717, 1.165) is 6.42 Å². The minimum Gasteiger partial charge on any atom is -0.388 e. The van der Waals surface area contributed by atoms with E-state index in [0.29, 0.717) is 0 Å². The molecule has 0 aliphatic carbocycles. The number of nitrogens with zero attached hydrogens (tertiary/aromatic N) is 1. The van der Waals surface area contributed by atoms with Crippen LogP contribution in [0, 0.1) is 0 Å². The lowest BCUT2D eigenvalue weighted by atomic mass is 9.90. The molecule has 1 rings (SSSR count). The topological polar surface area (TPSA) is 87.4 Å². The van der Waals surface area contributed by atoms with E-state index >= 15 is 0 Å². The van der Waals surface area contributed by atoms with Gasteiger partial charge in [-0.1, -0.05) is 12.1 Å². The van der Waals surface area contributed by atoms with Crippen LogP contribution < -0.4 is 10.6 Å². The molecule has 0 fully saturated rings. The zero-order valence-corrected chi connectivity index (χ0v) is 11.3. The first kappa shape index (κ1) is 14.7. The molecule has 102 valence electrons. The second-order valence-electron chi connectivity index (χ2n) is 4.55. The van der Waals surface area contributed by atoms with Crippen LogP contribution in [0.3, 0.4) is 0 Å². The lowest BCUT2D eigenvalue weighted by Crippen LogP contribution is -2.56. The summed E-state index contributed by atoms with van der Waals surface area (Å²) in [6.45, 7) is 5.77. The van der Waals surface area contributed by atoms with Crippen molar-refractivity contribution in [1.82, 2.24) is 15.8 Å². The molecular formula is C12H21N3O3. The van der Waals surface area contributed by atoms with Crippen LogP contribution >= 0.6 is 0 Å². The molecule has 1 aromatic rings. The van der Waals surface area contributed by atoms with E-state index in [1.54, 1.807) is 0 Å². The van der Waals surface area contributed by atoms with Crippen LogP contribution in [0.5, 0.6) is 0 Å². The summed E-state index contributed by atoms with van der Waals surface area (Å²) in [6, 6.07) is 1.37. The number of aromatic nitrogens is 1. The Kier molecular flexibility index (Phi) is 4.86. The van der Waals surface area contributed by atoms with Crippen molar-refractivity contribution in [3.05, 3.63) is 17.5 Å². The molecule has 0 radical (unpaired) electrons. The summed E-state index contributed by atoms with van der Waals surface area (Å²) in [5.41, 5.74) is -0.000367. The Balaban J connectivity index is 2.70. The highest BCUT2D eigenvalue weighted by Gasteiger charge is 2.29. The van der Waals surface area contributed by atoms with Gasteiger partial charge in [-0.25, -0.2) is 0 Å². The number of amides is 1. The van der Waals surface area contributed by atoms with E-state index in [9.17, 15) is 4.79 Å². The van der Waals surface area contributed by atoms with Gasteiger partial charge in [0.2, 0.25) is 0 Å². The fraction of sp³-hybridized carbons (Fsp3) is 0.667. The smallest absolute Gasteiger partial charge is 0.273 e. The fourth-order valence-electron chi connectivity index (χ4n) is 1.62. The summed E-state index contributed by atoms with van der Waals surface area (Å²) in [6.07, 6.45) is 0.881. The zero-order valence-electron chi connectivity index (χ0n) is 11.3. The van der Waals surface area contributed by atoms with Crippen LogP contribution in [0.2, 0.25) is 0 Å². The first-order chi connectivity index (χ1) is 8.46. The average Bonchev–Trinajstić information content (AvgIpc) is 2.86. The van der Waals surface area contributed by atoms with Gasteiger partial charge in [0.25, 0.3) is 5.91 Å². The molecule has 2 unspecified atom stereocenters. The number of nitrogens with one attached hydrogen (secondary N) is 2. The molecule has 1 aromatic heterocycles. The van der Waals surface area contributed by atoms with Gasteiger partial charge in [-0.15, -0.1) is 0 Å². The number of likely N-dealkylation sites (N-methyl/N-ethyl adjacent to an activating group) is 1. The lowest BCUT2D eigenvalue weighted by Gasteiger charge is -2.34. The van der Waals surface area contributed by atoms with Gasteiger partial charge < -0.3 is 20.3 Å². The van der Waals surface area contributed by atoms with Crippen LogP contribution in [0.25, 0.3) is 0 Å². The van der Waals surface area contributed by atoms with Gasteiger partial charge in [0.1, 0.15) is 6.61 Å². The molecule has 1 heterocycles. The van der Waals surface area contributed by atoms with Crippen LogP contribution in [0.4, 0.5) is 0 Å². The molecule has 18 heavy (non-hydrogen) atoms. The first-order valence-corrected chi connectivity index (χ1v) is 6.03. The number of hydrogen-bond donors (Lipinski definition) is 3. The van der Waals surface area contributed by atoms with Crippen molar-refractivity contribution in [2.75, 3.05) is 7.05 Å². The summed E-state index contributed by atoms with van der Waals surface area (Å²) in [4.78, 5) is 11.9. The summed E-state index contributed by atoms with van der Waals surface area (Å²) in [5.74, 6) is -0.0273. The van der Waals surface area contributed by atoms with E-state index in [-0.39, 0.29) is 35.5 Å². The van der Waals surface area contributed by atoms with Crippen molar-refractivity contribution in [3.8, 4) is 0 Å². The van der Waals surface area contributed by atoms with Gasteiger partial charge in [-0.05, 0) is 27.3 Å². The Hall–Kier alpha value is -1.40. The van der Waals surface area contributed by atoms with Gasteiger partial charge in [0, 0.05) is 17.6 Å². The maximum atomic E-state index is 11.9. The van der Waals surface area contributed by atoms with E-state index in [4.69, 9.17) is 9.63 Å². The van der Waals surface area contributed by atoms with Gasteiger partial charge in [0.15, 0.2) is 11.5 Å². The maximum absolute atomic E-state index is 11.9. The highest BCUT2D eigenvalue weighted by Crippen LogP contribution is 2.14. The van der Waals surface area contributed by atoms with Gasteiger partial charge in [0.05, 0.1) is 0 Å². The Morgan fingerprint density at radius 3 is 2.78 bits per heavy atom. The molecule has 1 amide bonds. The molecule has 0 saturated carbocycles. The summed E-state index contributed by atoms with van der Waals surface area (Å²) in [5, 5.41) is 18.5. The molecular weight excluding hydrogens is 234 g/mol. The largest absolute Gasteiger partial charge is 0.388 e. The number of carbonyl (C=O) groups is 1. The van der Waals surface area contributed by atoms with Gasteiger partial charge >= 0.3 is 0 Å². The fourth-order valence-corrected chi connectivity index (χ4v) is 1.62. The quantitative estimate of drug-likeness (QED) is 0.695. The van der Waals surface area contributed by atoms with Crippen molar-refractivity contribution in [2.24, 2.45) is 0 Å². The average molecular weight is 255 g/mol. The maximum Gasteiger partial charge on any atom is 0.273 e. The standard InChI is InChI=1S/C12H21N3O3/c1-5-12(3,13-4)8(2)14-11(17)10-6-9(7-16)18-15-10/h6,8,13,16H,5,7H2,1-4H3,(H,14,17). The first-order valence-electron chi connectivity index (χ1n) is 6.03. The van der Waals surface area contributed by atoms with Crippen LogP contribution in [-0.2, 0) is 6.61 Å². The van der Waals surface area contributed by atoms with E-state index in [1.165, 1.54) is 6.07 Å². The van der Waals surface area contributed by atoms with Crippen molar-refractivity contribution in [2.45, 2.75) is 45.4 Å². The molecule has 0 aliphatic rings. The highest BCUT2D eigenvalue weighted by molar-refractivity contribution is 5.92. The predicted molar refractivity (Wildman–Crippen MR) is 67.1 cm³/mol. The molecule has 2 atom stereocenters. The van der Waals surface area contributed by atoms with Crippen molar-refractivity contribution >= 4 is 5.91 Å². The number of aliphatic hydroxyl groups is 1. The molecule has 0 aromatic carbocycles. The lowest BCUT2D eigenvalue weighted by molar-refractivity contribution is 0.0904. The zero-order chi connectivity index (χ0) is 13.8. The molecule has 0 spiro atoms. The van der Waals surface area contributed by atoms with Gasteiger partial charge in [-0.2, -0.15) is 0 Å². The minimum absolute atomic E-state index is 0.0609. The Morgan fingerprint density at radius 1 is 1.67 bits per heavy atom. The third kappa shape index (κ3) is 3.08. The molecule has 0 saturated heterocycles. The third-order valence-electron chi connectivity index (χ3n) is 3.56. The van der Waals surface area contributed by atoms with Crippen LogP contribution in [-0.4, -0.2) is 34.8 Å². The third-order valence-corrected chi connectivity index (χ3v) is 3.56.